The Morgan fingerprint density at radius 1 is 1.13 bits per heavy atom. The van der Waals surface area contributed by atoms with Crippen molar-refractivity contribution in [3.8, 4) is 0 Å². The van der Waals surface area contributed by atoms with E-state index in [9.17, 15) is 13.2 Å². The molecule has 1 aliphatic heterocycles. The molecule has 1 heterocycles. The maximum Gasteiger partial charge on any atom is 0.303 e. The van der Waals surface area contributed by atoms with E-state index in [1.807, 2.05) is 35.4 Å². The van der Waals surface area contributed by atoms with Crippen LogP contribution in [0.15, 0.2) is 51.8 Å². The van der Waals surface area contributed by atoms with E-state index in [4.69, 9.17) is 9.94 Å². The number of nitrogens with zero attached hydrogens (tertiary/aromatic N) is 2. The van der Waals surface area contributed by atoms with Crippen LogP contribution in [0.1, 0.15) is 49.3 Å². The Morgan fingerprint density at radius 2 is 1.84 bits per heavy atom. The summed E-state index contributed by atoms with van der Waals surface area (Å²) in [6, 6.07) is 12.4. The Kier molecular flexibility index (Phi) is 7.74. The number of carbonyl (C=O) groups is 1. The fourth-order valence-corrected chi connectivity index (χ4v) is 5.93. The van der Waals surface area contributed by atoms with Gasteiger partial charge in [-0.3, -0.25) is 9.10 Å². The summed E-state index contributed by atoms with van der Waals surface area (Å²) >= 11 is 3.40. The first-order valence-corrected chi connectivity index (χ1v) is 12.4. The van der Waals surface area contributed by atoms with Crippen LogP contribution in [-0.2, 0) is 19.7 Å². The van der Waals surface area contributed by atoms with E-state index in [1.54, 1.807) is 26.3 Å². The summed E-state index contributed by atoms with van der Waals surface area (Å²) in [4.78, 5) is 16.7. The number of aliphatic carboxylic acids is 1. The van der Waals surface area contributed by atoms with Crippen molar-refractivity contribution >= 4 is 37.6 Å². The van der Waals surface area contributed by atoms with Gasteiger partial charge in [-0.1, -0.05) is 53.0 Å². The van der Waals surface area contributed by atoms with Crippen molar-refractivity contribution in [2.24, 2.45) is 0 Å². The summed E-state index contributed by atoms with van der Waals surface area (Å²) < 4.78 is 28.8. The van der Waals surface area contributed by atoms with Crippen LogP contribution in [0, 0.1) is 0 Å². The second kappa shape index (κ2) is 10.1. The molecule has 0 bridgehead atoms. The Labute approximate surface area is 191 Å². The highest BCUT2D eigenvalue weighted by atomic mass is 79.9. The molecular weight excluding hydrogens is 484 g/mol. The molecule has 168 valence electrons. The summed E-state index contributed by atoms with van der Waals surface area (Å²) in [5.41, 5.74) is 2.12. The fourth-order valence-electron chi connectivity index (χ4n) is 3.94. The summed E-state index contributed by atoms with van der Waals surface area (Å²) in [6.45, 7) is 0.585. The SMILES string of the molecule is CON(CCCCCCC(=O)O)C1c2ccccc2N(C)S(=O)(=O)c2cc(Br)ccc21. The molecule has 0 aliphatic carbocycles. The number of rotatable bonds is 9. The number of carboxylic acids is 1. The average Bonchev–Trinajstić information content (AvgIpc) is 2.81. The summed E-state index contributed by atoms with van der Waals surface area (Å²) in [7, 11) is -0.581. The molecular formula is C22H27BrN2O5S. The van der Waals surface area contributed by atoms with Gasteiger partial charge in [-0.25, -0.2) is 8.42 Å². The van der Waals surface area contributed by atoms with Crippen molar-refractivity contribution < 1.29 is 23.2 Å². The van der Waals surface area contributed by atoms with Gasteiger partial charge in [0.2, 0.25) is 0 Å². The standard InChI is InChI=1S/C22H27BrN2O5S/c1-24-19-10-7-6-9-17(19)22(18-13-12-16(23)15-20(18)31(24,28)29)25(30-2)14-8-4-3-5-11-21(26)27/h6-7,9-10,12-13,15,22H,3-5,8,11,14H2,1-2H3,(H,26,27). The van der Waals surface area contributed by atoms with E-state index in [1.165, 1.54) is 4.31 Å². The Balaban J connectivity index is 1.96. The number of sulfonamides is 1. The third-order valence-electron chi connectivity index (χ3n) is 5.52. The number of carboxylic acid groups (broad SMARTS) is 1. The summed E-state index contributed by atoms with van der Waals surface area (Å²) in [5.74, 6) is -0.776. The van der Waals surface area contributed by atoms with Gasteiger partial charge in [0, 0.05) is 30.0 Å². The van der Waals surface area contributed by atoms with Crippen LogP contribution in [-0.4, -0.2) is 45.3 Å². The van der Waals surface area contributed by atoms with E-state index < -0.39 is 22.0 Å². The van der Waals surface area contributed by atoms with Crippen molar-refractivity contribution in [2.75, 3.05) is 25.0 Å². The monoisotopic (exact) mass is 510 g/mol. The topological polar surface area (TPSA) is 87.2 Å². The molecule has 0 aromatic heterocycles. The minimum Gasteiger partial charge on any atom is -0.481 e. The predicted octanol–water partition coefficient (Wildman–Crippen LogP) is 4.58. The molecule has 2 aromatic rings. The zero-order valence-electron chi connectivity index (χ0n) is 17.6. The molecule has 0 radical (unpaired) electrons. The van der Waals surface area contributed by atoms with Gasteiger partial charge in [-0.05, 0) is 36.6 Å². The Bertz CT molecular complexity index is 1040. The van der Waals surface area contributed by atoms with Gasteiger partial charge < -0.3 is 9.94 Å². The number of hydrogen-bond donors (Lipinski definition) is 1. The van der Waals surface area contributed by atoms with Gasteiger partial charge in [0.25, 0.3) is 10.0 Å². The van der Waals surface area contributed by atoms with E-state index in [2.05, 4.69) is 15.9 Å². The average molecular weight is 511 g/mol. The molecule has 0 spiro atoms. The number of anilines is 1. The van der Waals surface area contributed by atoms with E-state index in [0.717, 1.165) is 24.8 Å². The van der Waals surface area contributed by atoms with E-state index in [-0.39, 0.29) is 11.3 Å². The van der Waals surface area contributed by atoms with Crippen molar-refractivity contribution in [1.29, 1.82) is 0 Å². The molecule has 9 heteroatoms. The predicted molar refractivity (Wildman–Crippen MR) is 122 cm³/mol. The van der Waals surface area contributed by atoms with Crippen molar-refractivity contribution in [3.63, 3.8) is 0 Å². The van der Waals surface area contributed by atoms with Crippen LogP contribution < -0.4 is 4.31 Å². The molecule has 31 heavy (non-hydrogen) atoms. The van der Waals surface area contributed by atoms with Gasteiger partial charge in [-0.15, -0.1) is 0 Å². The highest BCUT2D eigenvalue weighted by Gasteiger charge is 2.37. The number of hydrogen-bond acceptors (Lipinski definition) is 5. The highest BCUT2D eigenvalue weighted by molar-refractivity contribution is 9.10. The van der Waals surface area contributed by atoms with Crippen molar-refractivity contribution in [2.45, 2.75) is 43.0 Å². The lowest BCUT2D eigenvalue weighted by Gasteiger charge is -2.31. The largest absolute Gasteiger partial charge is 0.481 e. The fraction of sp³-hybridized carbons (Fsp3) is 0.409. The third-order valence-corrected chi connectivity index (χ3v) is 7.84. The minimum atomic E-state index is -3.74. The van der Waals surface area contributed by atoms with Crippen LogP contribution in [0.4, 0.5) is 5.69 Å². The maximum absolute atomic E-state index is 13.4. The summed E-state index contributed by atoms with van der Waals surface area (Å²) in [6.07, 6.45) is 3.32. The van der Waals surface area contributed by atoms with Crippen molar-refractivity contribution in [1.82, 2.24) is 5.06 Å². The zero-order chi connectivity index (χ0) is 22.6. The molecule has 7 nitrogen and oxygen atoms in total. The van der Waals surface area contributed by atoms with Gasteiger partial charge in [-0.2, -0.15) is 5.06 Å². The van der Waals surface area contributed by atoms with E-state index in [0.29, 0.717) is 28.7 Å². The smallest absolute Gasteiger partial charge is 0.303 e. The Hall–Kier alpha value is -1.94. The first-order valence-electron chi connectivity index (χ1n) is 10.2. The molecule has 0 saturated carbocycles. The van der Waals surface area contributed by atoms with Crippen LogP contribution in [0.5, 0.6) is 0 Å². The number of fused-ring (bicyclic) bond motifs is 2. The number of para-hydroxylation sites is 1. The molecule has 1 aliphatic rings. The molecule has 0 amide bonds. The molecule has 1 unspecified atom stereocenters. The Morgan fingerprint density at radius 3 is 2.55 bits per heavy atom. The summed E-state index contributed by atoms with van der Waals surface area (Å²) in [5, 5.41) is 10.6. The number of benzene rings is 2. The lowest BCUT2D eigenvalue weighted by atomic mass is 9.96. The third kappa shape index (κ3) is 5.11. The van der Waals surface area contributed by atoms with E-state index >= 15 is 0 Å². The van der Waals surface area contributed by atoms with Gasteiger partial charge in [0.15, 0.2) is 0 Å². The lowest BCUT2D eigenvalue weighted by Crippen LogP contribution is -2.30. The number of unbranched alkanes of at least 4 members (excludes halogenated alkanes) is 3. The van der Waals surface area contributed by atoms with Gasteiger partial charge in [0.05, 0.1) is 23.7 Å². The number of hydroxylamine groups is 2. The van der Waals surface area contributed by atoms with Crippen molar-refractivity contribution in [3.05, 3.63) is 58.1 Å². The second-order valence-corrected chi connectivity index (χ2v) is 10.4. The van der Waals surface area contributed by atoms with Crippen LogP contribution in [0.25, 0.3) is 0 Å². The normalized spacial score (nSPS) is 17.2. The van der Waals surface area contributed by atoms with Crippen LogP contribution >= 0.6 is 15.9 Å². The number of halogens is 1. The van der Waals surface area contributed by atoms with Crippen LogP contribution in [0.2, 0.25) is 0 Å². The first-order chi connectivity index (χ1) is 14.8. The van der Waals surface area contributed by atoms with Gasteiger partial charge in [0.1, 0.15) is 0 Å². The van der Waals surface area contributed by atoms with Gasteiger partial charge >= 0.3 is 5.97 Å². The first kappa shape index (κ1) is 23.7. The second-order valence-electron chi connectivity index (χ2n) is 7.50. The lowest BCUT2D eigenvalue weighted by molar-refractivity contribution is -0.155. The molecule has 2 aromatic carbocycles. The highest BCUT2D eigenvalue weighted by Crippen LogP contribution is 2.43. The molecule has 0 fully saturated rings. The maximum atomic E-state index is 13.4. The molecule has 0 saturated heterocycles. The minimum absolute atomic E-state index is 0.177. The van der Waals surface area contributed by atoms with Crippen LogP contribution in [0.3, 0.4) is 0 Å². The quantitative estimate of drug-likeness (QED) is 0.392. The molecule has 3 rings (SSSR count). The molecule has 1 atom stereocenters. The molecule has 1 N–H and O–H groups in total. The zero-order valence-corrected chi connectivity index (χ0v) is 20.0.